The highest BCUT2D eigenvalue weighted by Crippen LogP contribution is 2.36. The quantitative estimate of drug-likeness (QED) is 0.551. The Balaban J connectivity index is 2.26. The highest BCUT2D eigenvalue weighted by Gasteiger charge is 2.53. The highest BCUT2D eigenvalue weighted by atomic mass is 16.5. The number of amides is 1. The van der Waals surface area contributed by atoms with Gasteiger partial charge in [0.25, 0.3) is 0 Å². The summed E-state index contributed by atoms with van der Waals surface area (Å²) in [7, 11) is 0. The zero-order chi connectivity index (χ0) is 10.3. The predicted molar refractivity (Wildman–Crippen MR) is 42.9 cm³/mol. The van der Waals surface area contributed by atoms with E-state index in [9.17, 15) is 9.59 Å². The van der Waals surface area contributed by atoms with E-state index in [2.05, 4.69) is 0 Å². The fourth-order valence-electron chi connectivity index (χ4n) is 1.66. The van der Waals surface area contributed by atoms with Gasteiger partial charge in [0.05, 0.1) is 13.0 Å². The van der Waals surface area contributed by atoms with Crippen LogP contribution in [0.1, 0.15) is 6.42 Å². The van der Waals surface area contributed by atoms with Gasteiger partial charge in [-0.15, -0.1) is 0 Å². The van der Waals surface area contributed by atoms with E-state index < -0.39 is 18.2 Å². The summed E-state index contributed by atoms with van der Waals surface area (Å²) < 4.78 is 5.17. The smallest absolute Gasteiger partial charge is 0.334 e. The van der Waals surface area contributed by atoms with Crippen molar-refractivity contribution in [3.05, 3.63) is 11.8 Å². The number of aliphatic hydroxyl groups excluding tert-OH is 1. The van der Waals surface area contributed by atoms with E-state index in [1.807, 2.05) is 0 Å². The third-order valence-corrected chi connectivity index (χ3v) is 2.29. The molecule has 0 spiro atoms. The molecule has 0 aromatic heterocycles. The van der Waals surface area contributed by atoms with Crippen LogP contribution in [-0.2, 0) is 14.3 Å². The highest BCUT2D eigenvalue weighted by molar-refractivity contribution is 5.91. The Labute approximate surface area is 79.4 Å². The molecule has 6 nitrogen and oxygen atoms in total. The van der Waals surface area contributed by atoms with Crippen LogP contribution in [0.15, 0.2) is 11.8 Å². The number of carboxylic acids is 1. The second kappa shape index (κ2) is 2.98. The summed E-state index contributed by atoms with van der Waals surface area (Å²) in [4.78, 5) is 23.1. The van der Waals surface area contributed by atoms with Gasteiger partial charge in [-0.25, -0.2) is 4.79 Å². The van der Waals surface area contributed by atoms with Gasteiger partial charge in [0.15, 0.2) is 12.3 Å². The van der Waals surface area contributed by atoms with Crippen LogP contribution in [-0.4, -0.2) is 45.9 Å². The third-order valence-electron chi connectivity index (χ3n) is 2.29. The number of carbonyl (C=O) groups excluding carboxylic acids is 1. The summed E-state index contributed by atoms with van der Waals surface area (Å²) in [6.45, 7) is -0.298. The largest absolute Gasteiger partial charge is 0.479 e. The molecule has 2 rings (SSSR count). The number of carboxylic acid groups (broad SMARTS) is 1. The van der Waals surface area contributed by atoms with E-state index in [1.165, 1.54) is 11.0 Å². The normalized spacial score (nSPS) is 32.5. The van der Waals surface area contributed by atoms with E-state index in [1.54, 1.807) is 0 Å². The summed E-state index contributed by atoms with van der Waals surface area (Å²) in [5.41, 5.74) is 0. The van der Waals surface area contributed by atoms with Gasteiger partial charge >= 0.3 is 5.97 Å². The van der Waals surface area contributed by atoms with Gasteiger partial charge in [0.1, 0.15) is 5.76 Å². The molecular weight excluding hydrogens is 190 g/mol. The molecule has 2 fully saturated rings. The van der Waals surface area contributed by atoms with Crippen molar-refractivity contribution in [2.45, 2.75) is 18.7 Å². The number of ether oxygens (including phenoxy) is 1. The van der Waals surface area contributed by atoms with E-state index >= 15 is 0 Å². The number of fused-ring (bicyclic) bond motifs is 1. The number of aliphatic hydroxyl groups is 1. The van der Waals surface area contributed by atoms with Crippen molar-refractivity contribution in [2.75, 3.05) is 6.61 Å². The van der Waals surface area contributed by atoms with Gasteiger partial charge < -0.3 is 14.9 Å². The maximum absolute atomic E-state index is 11.1. The zero-order valence-corrected chi connectivity index (χ0v) is 7.21. The third kappa shape index (κ3) is 1.07. The summed E-state index contributed by atoms with van der Waals surface area (Å²) in [5.74, 6) is -1.22. The van der Waals surface area contributed by atoms with Crippen LogP contribution in [0.4, 0.5) is 0 Å². The molecule has 0 unspecified atom stereocenters. The van der Waals surface area contributed by atoms with Crippen LogP contribution in [0.25, 0.3) is 0 Å². The van der Waals surface area contributed by atoms with Crippen molar-refractivity contribution in [3.63, 3.8) is 0 Å². The zero-order valence-electron chi connectivity index (χ0n) is 7.21. The van der Waals surface area contributed by atoms with Gasteiger partial charge in [-0.05, 0) is 6.08 Å². The number of nitrogens with zero attached hydrogens (tertiary/aromatic N) is 1. The number of carbonyl (C=O) groups is 2. The molecule has 0 aliphatic carbocycles. The van der Waals surface area contributed by atoms with E-state index in [-0.39, 0.29) is 24.7 Å². The van der Waals surface area contributed by atoms with Crippen LogP contribution >= 0.6 is 0 Å². The van der Waals surface area contributed by atoms with Gasteiger partial charge in [-0.2, -0.15) is 0 Å². The number of β-lactam (4-membered cyclic amide) rings is 1. The molecule has 0 radical (unpaired) electrons. The molecule has 2 atom stereocenters. The summed E-state index contributed by atoms with van der Waals surface area (Å²) >= 11 is 0. The fraction of sp³-hybridized carbons (Fsp3) is 0.500. The van der Waals surface area contributed by atoms with E-state index in [0.29, 0.717) is 0 Å². The summed E-state index contributed by atoms with van der Waals surface area (Å²) in [5, 5.41) is 17.5. The van der Waals surface area contributed by atoms with Crippen molar-refractivity contribution < 1.29 is 24.5 Å². The van der Waals surface area contributed by atoms with Crippen LogP contribution in [0, 0.1) is 0 Å². The molecule has 14 heavy (non-hydrogen) atoms. The number of hydrogen-bond donors (Lipinski definition) is 2. The molecule has 0 saturated carbocycles. The lowest BCUT2D eigenvalue weighted by atomic mass is 10.1. The maximum Gasteiger partial charge on any atom is 0.334 e. The molecule has 76 valence electrons. The molecule has 2 aliphatic heterocycles. The predicted octanol–water partition coefficient (Wildman–Crippen LogP) is -1.10. The van der Waals surface area contributed by atoms with Crippen molar-refractivity contribution in [1.82, 2.24) is 4.90 Å². The lowest BCUT2D eigenvalue weighted by molar-refractivity contribution is -0.163. The van der Waals surface area contributed by atoms with Crippen LogP contribution in [0.3, 0.4) is 0 Å². The van der Waals surface area contributed by atoms with Crippen molar-refractivity contribution >= 4 is 11.9 Å². The maximum atomic E-state index is 11.1. The SMILES string of the molecule is O=C(O)[C@H]1/C(=C/CO)O[C@H]2CC(=O)N21. The molecule has 0 aromatic rings. The molecule has 1 amide bonds. The van der Waals surface area contributed by atoms with Gasteiger partial charge in [-0.3, -0.25) is 9.69 Å². The van der Waals surface area contributed by atoms with Crippen molar-refractivity contribution in [1.29, 1.82) is 0 Å². The lowest BCUT2D eigenvalue weighted by Gasteiger charge is -2.33. The minimum atomic E-state index is -1.14. The number of hydrogen-bond acceptors (Lipinski definition) is 4. The summed E-state index contributed by atoms with van der Waals surface area (Å²) in [6.07, 6.45) is 1.03. The molecule has 2 aliphatic rings. The standard InChI is InChI=1S/C8H9NO5/c10-2-1-4-7(8(12)13)9-5(11)3-6(9)14-4/h1,6-7,10H,2-3H2,(H,12,13)/b4-1-/t6-,7+/m0/s1. The average molecular weight is 199 g/mol. The topological polar surface area (TPSA) is 87.1 Å². The molecular formula is C8H9NO5. The van der Waals surface area contributed by atoms with E-state index in [0.717, 1.165) is 0 Å². The second-order valence-corrected chi connectivity index (χ2v) is 3.11. The Morgan fingerprint density at radius 1 is 1.71 bits per heavy atom. The first-order chi connectivity index (χ1) is 6.65. The minimum absolute atomic E-state index is 0.149. The minimum Gasteiger partial charge on any atom is -0.479 e. The van der Waals surface area contributed by atoms with Crippen molar-refractivity contribution in [2.24, 2.45) is 0 Å². The Bertz CT molecular complexity index is 324. The molecule has 2 saturated heterocycles. The first-order valence-corrected chi connectivity index (χ1v) is 4.16. The molecule has 2 N–H and O–H groups in total. The fourth-order valence-corrected chi connectivity index (χ4v) is 1.66. The second-order valence-electron chi connectivity index (χ2n) is 3.11. The van der Waals surface area contributed by atoms with Gasteiger partial charge in [-0.1, -0.05) is 0 Å². The molecule has 0 aromatic carbocycles. The number of rotatable bonds is 2. The molecule has 0 bridgehead atoms. The number of aliphatic carboxylic acids is 1. The molecule has 2 heterocycles. The molecule has 6 heteroatoms. The van der Waals surface area contributed by atoms with Gasteiger partial charge in [0.2, 0.25) is 5.91 Å². The average Bonchev–Trinajstić information content (AvgIpc) is 2.39. The Kier molecular flexibility index (Phi) is 1.92. The van der Waals surface area contributed by atoms with E-state index in [4.69, 9.17) is 14.9 Å². The lowest BCUT2D eigenvalue weighted by Crippen LogP contribution is -2.54. The van der Waals surface area contributed by atoms with Crippen molar-refractivity contribution in [3.8, 4) is 0 Å². The monoisotopic (exact) mass is 199 g/mol. The Morgan fingerprint density at radius 3 is 2.93 bits per heavy atom. The Morgan fingerprint density at radius 2 is 2.43 bits per heavy atom. The van der Waals surface area contributed by atoms with Crippen LogP contribution in [0.5, 0.6) is 0 Å². The Hall–Kier alpha value is -1.56. The van der Waals surface area contributed by atoms with Gasteiger partial charge in [0, 0.05) is 0 Å². The summed E-state index contributed by atoms with van der Waals surface area (Å²) in [6, 6.07) is -1.06. The van der Waals surface area contributed by atoms with Crippen LogP contribution in [0.2, 0.25) is 0 Å². The first kappa shape index (κ1) is 9.01. The van der Waals surface area contributed by atoms with Crippen LogP contribution < -0.4 is 0 Å². The first-order valence-electron chi connectivity index (χ1n) is 4.16.